The number of thiocarbonyl (C=S) groups is 1. The zero-order valence-corrected chi connectivity index (χ0v) is 12.9. The van der Waals surface area contributed by atoms with Crippen LogP contribution >= 0.6 is 12.2 Å². The van der Waals surface area contributed by atoms with E-state index in [1.165, 1.54) is 17.7 Å². The second kappa shape index (κ2) is 6.59. The summed E-state index contributed by atoms with van der Waals surface area (Å²) in [5.41, 5.74) is 2.66. The lowest BCUT2D eigenvalue weighted by Crippen LogP contribution is -2.10. The number of phenolic OH excluding ortho intramolecular Hbond substituents is 2. The molecule has 0 heterocycles. The highest BCUT2D eigenvalue weighted by Gasteiger charge is 2.08. The molecule has 0 spiro atoms. The standard InChI is InChI=1S/C17H19NO2S/c1-11(2)9-12-3-5-13(6-4-12)18-17(21)15-8-7-14(19)10-16(15)20/h3-8,10-11,19-20H,9H2,1-2H3,(H,18,21). The maximum atomic E-state index is 9.80. The van der Waals surface area contributed by atoms with Crippen LogP contribution in [0.15, 0.2) is 42.5 Å². The largest absolute Gasteiger partial charge is 0.508 e. The summed E-state index contributed by atoms with van der Waals surface area (Å²) in [4.78, 5) is 0.420. The SMILES string of the molecule is CC(C)Cc1ccc(NC(=S)c2ccc(O)cc2O)cc1. The van der Waals surface area contributed by atoms with Gasteiger partial charge in [-0.15, -0.1) is 0 Å². The zero-order valence-electron chi connectivity index (χ0n) is 12.1. The first-order valence-corrected chi connectivity index (χ1v) is 7.29. The Balaban J connectivity index is 2.08. The first kappa shape index (κ1) is 15.3. The van der Waals surface area contributed by atoms with Gasteiger partial charge in [0.15, 0.2) is 0 Å². The van der Waals surface area contributed by atoms with Gasteiger partial charge in [-0.05, 0) is 42.2 Å². The van der Waals surface area contributed by atoms with E-state index in [2.05, 4.69) is 31.3 Å². The van der Waals surface area contributed by atoms with Crippen molar-refractivity contribution in [1.29, 1.82) is 0 Å². The molecule has 3 N–H and O–H groups in total. The minimum absolute atomic E-state index is 0.0112. The van der Waals surface area contributed by atoms with Crippen molar-refractivity contribution in [2.75, 3.05) is 5.32 Å². The van der Waals surface area contributed by atoms with Crippen LogP contribution in [0.5, 0.6) is 11.5 Å². The molecule has 0 saturated heterocycles. The Morgan fingerprint density at radius 2 is 1.76 bits per heavy atom. The fraction of sp³-hybridized carbons (Fsp3) is 0.235. The smallest absolute Gasteiger partial charge is 0.129 e. The van der Waals surface area contributed by atoms with Crippen LogP contribution in [0.1, 0.15) is 25.0 Å². The van der Waals surface area contributed by atoms with Gasteiger partial charge in [0.1, 0.15) is 16.5 Å². The molecule has 2 aromatic carbocycles. The van der Waals surface area contributed by atoms with Crippen molar-refractivity contribution < 1.29 is 10.2 Å². The molecule has 0 bridgehead atoms. The number of benzene rings is 2. The zero-order chi connectivity index (χ0) is 15.4. The van der Waals surface area contributed by atoms with Crippen LogP contribution in [0.25, 0.3) is 0 Å². The second-order valence-corrected chi connectivity index (χ2v) is 5.86. The Bertz CT molecular complexity index is 636. The molecule has 0 aliphatic rings. The summed E-state index contributed by atoms with van der Waals surface area (Å²) < 4.78 is 0. The third-order valence-electron chi connectivity index (χ3n) is 3.08. The molecule has 3 nitrogen and oxygen atoms in total. The van der Waals surface area contributed by atoms with Gasteiger partial charge in [-0.1, -0.05) is 38.2 Å². The second-order valence-electron chi connectivity index (χ2n) is 5.45. The molecule has 110 valence electrons. The molecule has 2 aromatic rings. The summed E-state index contributed by atoms with van der Waals surface area (Å²) >= 11 is 5.28. The highest BCUT2D eigenvalue weighted by molar-refractivity contribution is 7.81. The van der Waals surface area contributed by atoms with E-state index in [4.69, 9.17) is 12.2 Å². The van der Waals surface area contributed by atoms with E-state index in [9.17, 15) is 10.2 Å². The van der Waals surface area contributed by atoms with E-state index in [1.54, 1.807) is 6.07 Å². The summed E-state index contributed by atoms with van der Waals surface area (Å²) in [6.45, 7) is 4.38. The molecule has 0 amide bonds. The molecule has 0 unspecified atom stereocenters. The normalized spacial score (nSPS) is 10.6. The number of anilines is 1. The number of aromatic hydroxyl groups is 2. The lowest BCUT2D eigenvalue weighted by Gasteiger charge is -2.11. The first-order valence-electron chi connectivity index (χ1n) is 6.88. The minimum atomic E-state index is -0.0380. The Hall–Kier alpha value is -2.07. The number of phenols is 2. The number of rotatable bonds is 4. The van der Waals surface area contributed by atoms with Crippen molar-refractivity contribution in [3.8, 4) is 11.5 Å². The fourth-order valence-electron chi connectivity index (χ4n) is 2.11. The first-order chi connectivity index (χ1) is 9.95. The van der Waals surface area contributed by atoms with Gasteiger partial charge in [0.25, 0.3) is 0 Å². The average Bonchev–Trinajstić information content (AvgIpc) is 2.40. The Morgan fingerprint density at radius 1 is 1.10 bits per heavy atom. The summed E-state index contributed by atoms with van der Waals surface area (Å²) in [6.07, 6.45) is 1.05. The highest BCUT2D eigenvalue weighted by Crippen LogP contribution is 2.24. The van der Waals surface area contributed by atoms with Gasteiger partial charge >= 0.3 is 0 Å². The van der Waals surface area contributed by atoms with Gasteiger partial charge < -0.3 is 15.5 Å². The van der Waals surface area contributed by atoms with Crippen molar-refractivity contribution in [1.82, 2.24) is 0 Å². The van der Waals surface area contributed by atoms with Crippen LogP contribution < -0.4 is 5.32 Å². The van der Waals surface area contributed by atoms with Crippen molar-refractivity contribution in [3.63, 3.8) is 0 Å². The van der Waals surface area contributed by atoms with Crippen LogP contribution in [0.4, 0.5) is 5.69 Å². The average molecular weight is 301 g/mol. The van der Waals surface area contributed by atoms with Crippen molar-refractivity contribution in [2.24, 2.45) is 5.92 Å². The van der Waals surface area contributed by atoms with Crippen LogP contribution in [-0.4, -0.2) is 15.2 Å². The van der Waals surface area contributed by atoms with E-state index in [0.717, 1.165) is 12.1 Å². The minimum Gasteiger partial charge on any atom is -0.508 e. The molecular weight excluding hydrogens is 282 g/mol. The van der Waals surface area contributed by atoms with Crippen LogP contribution in [-0.2, 0) is 6.42 Å². The fourth-order valence-corrected chi connectivity index (χ4v) is 2.40. The Labute approximate surface area is 130 Å². The molecule has 0 aliphatic heterocycles. The van der Waals surface area contributed by atoms with E-state index >= 15 is 0 Å². The molecule has 0 radical (unpaired) electrons. The lowest BCUT2D eigenvalue weighted by molar-refractivity contribution is 0.450. The molecule has 0 aliphatic carbocycles. The molecule has 0 aromatic heterocycles. The summed E-state index contributed by atoms with van der Waals surface area (Å²) in [6, 6.07) is 12.4. The topological polar surface area (TPSA) is 52.5 Å². The van der Waals surface area contributed by atoms with Crippen LogP contribution in [0.2, 0.25) is 0 Å². The molecule has 0 fully saturated rings. The molecule has 0 atom stereocenters. The van der Waals surface area contributed by atoms with E-state index in [0.29, 0.717) is 16.5 Å². The number of nitrogens with one attached hydrogen (secondary N) is 1. The summed E-state index contributed by atoms with van der Waals surface area (Å²) in [5, 5.41) is 22.2. The number of hydrogen-bond acceptors (Lipinski definition) is 3. The van der Waals surface area contributed by atoms with Gasteiger partial charge in [-0.25, -0.2) is 0 Å². The predicted molar refractivity (Wildman–Crippen MR) is 90.1 cm³/mol. The number of hydrogen-bond donors (Lipinski definition) is 3. The van der Waals surface area contributed by atoms with Gasteiger partial charge in [0.2, 0.25) is 0 Å². The molecule has 2 rings (SSSR count). The maximum Gasteiger partial charge on any atom is 0.129 e. The third-order valence-corrected chi connectivity index (χ3v) is 3.40. The lowest BCUT2D eigenvalue weighted by atomic mass is 10.0. The Kier molecular flexibility index (Phi) is 4.81. The van der Waals surface area contributed by atoms with E-state index in [1.807, 2.05) is 12.1 Å². The van der Waals surface area contributed by atoms with Gasteiger partial charge in [0, 0.05) is 11.8 Å². The van der Waals surface area contributed by atoms with Crippen molar-refractivity contribution in [2.45, 2.75) is 20.3 Å². The molecule has 0 saturated carbocycles. The van der Waals surface area contributed by atoms with Gasteiger partial charge in [-0.3, -0.25) is 0 Å². The van der Waals surface area contributed by atoms with Crippen LogP contribution in [0, 0.1) is 5.92 Å². The van der Waals surface area contributed by atoms with E-state index in [-0.39, 0.29) is 11.5 Å². The summed E-state index contributed by atoms with van der Waals surface area (Å²) in [7, 11) is 0. The summed E-state index contributed by atoms with van der Waals surface area (Å²) in [5.74, 6) is 0.597. The maximum absolute atomic E-state index is 9.80. The molecular formula is C17H19NO2S. The van der Waals surface area contributed by atoms with Crippen molar-refractivity contribution in [3.05, 3.63) is 53.6 Å². The molecule has 4 heteroatoms. The monoisotopic (exact) mass is 301 g/mol. The molecule has 21 heavy (non-hydrogen) atoms. The van der Waals surface area contributed by atoms with Crippen LogP contribution in [0.3, 0.4) is 0 Å². The third kappa shape index (κ3) is 4.20. The van der Waals surface area contributed by atoms with Gasteiger partial charge in [-0.2, -0.15) is 0 Å². The van der Waals surface area contributed by atoms with E-state index < -0.39 is 0 Å². The highest BCUT2D eigenvalue weighted by atomic mass is 32.1. The quantitative estimate of drug-likeness (QED) is 0.745. The Morgan fingerprint density at radius 3 is 2.33 bits per heavy atom. The predicted octanol–water partition coefficient (Wildman–Crippen LogP) is 4.08. The van der Waals surface area contributed by atoms with Crippen molar-refractivity contribution >= 4 is 22.9 Å². The van der Waals surface area contributed by atoms with Gasteiger partial charge in [0.05, 0.1) is 5.56 Å².